The van der Waals surface area contributed by atoms with Crippen LogP contribution in [-0.4, -0.2) is 32.1 Å². The molecule has 0 aliphatic heterocycles. The van der Waals surface area contributed by atoms with E-state index in [1.807, 2.05) is 54.7 Å². The zero-order chi connectivity index (χ0) is 20.9. The van der Waals surface area contributed by atoms with Gasteiger partial charge < -0.3 is 16.2 Å². The minimum Gasteiger partial charge on any atom is -0.480 e. The van der Waals surface area contributed by atoms with Crippen molar-refractivity contribution in [2.75, 3.05) is 5.32 Å². The van der Waals surface area contributed by atoms with Gasteiger partial charge >= 0.3 is 5.97 Å². The number of nitrogens with two attached hydrogens (primary N) is 1. The number of carboxylic acid groups (broad SMARTS) is 1. The predicted molar refractivity (Wildman–Crippen MR) is 116 cm³/mol. The Hall–Kier alpha value is -3.84. The second-order valence-corrected chi connectivity index (χ2v) is 7.02. The fourth-order valence-electron chi connectivity index (χ4n) is 3.13. The molecule has 0 spiro atoms. The molecule has 0 radical (unpaired) electrons. The van der Waals surface area contributed by atoms with Crippen molar-refractivity contribution in [2.45, 2.75) is 19.0 Å². The van der Waals surface area contributed by atoms with Crippen molar-refractivity contribution in [3.05, 3.63) is 84.3 Å². The first-order valence-electron chi connectivity index (χ1n) is 9.56. The third-order valence-electron chi connectivity index (χ3n) is 4.80. The van der Waals surface area contributed by atoms with E-state index in [-0.39, 0.29) is 6.42 Å². The number of hydrogen-bond acceptors (Lipinski definition) is 6. The van der Waals surface area contributed by atoms with Crippen LogP contribution < -0.4 is 11.1 Å². The summed E-state index contributed by atoms with van der Waals surface area (Å²) >= 11 is 0. The van der Waals surface area contributed by atoms with Gasteiger partial charge in [0.05, 0.1) is 23.6 Å². The molecule has 30 heavy (non-hydrogen) atoms. The van der Waals surface area contributed by atoms with Crippen LogP contribution >= 0.6 is 0 Å². The summed E-state index contributed by atoms with van der Waals surface area (Å²) in [5.41, 5.74) is 10.1. The van der Waals surface area contributed by atoms with Crippen molar-refractivity contribution >= 4 is 22.7 Å². The summed E-state index contributed by atoms with van der Waals surface area (Å²) in [7, 11) is 0. The van der Waals surface area contributed by atoms with Gasteiger partial charge in [-0.1, -0.05) is 42.5 Å². The highest BCUT2D eigenvalue weighted by atomic mass is 16.4. The quantitative estimate of drug-likeness (QED) is 0.437. The normalized spacial score (nSPS) is 11.9. The number of pyridine rings is 1. The largest absolute Gasteiger partial charge is 0.480 e. The number of nitrogens with zero attached hydrogens (tertiary/aromatic N) is 3. The molecular weight excluding hydrogens is 378 g/mol. The van der Waals surface area contributed by atoms with E-state index in [4.69, 9.17) is 10.8 Å². The van der Waals surface area contributed by atoms with E-state index < -0.39 is 12.0 Å². The number of benzene rings is 2. The number of anilines is 1. The predicted octanol–water partition coefficient (Wildman–Crippen LogP) is 3.26. The Labute approximate surface area is 173 Å². The number of carboxylic acids is 1. The molecule has 2 heterocycles. The van der Waals surface area contributed by atoms with Gasteiger partial charge in [-0.3, -0.25) is 14.8 Å². The van der Waals surface area contributed by atoms with E-state index in [2.05, 4.69) is 26.3 Å². The number of para-hydroxylation sites is 1. The summed E-state index contributed by atoms with van der Waals surface area (Å²) in [6.45, 7) is 0.602. The first-order valence-corrected chi connectivity index (χ1v) is 9.56. The van der Waals surface area contributed by atoms with Crippen molar-refractivity contribution in [1.82, 2.24) is 15.0 Å². The van der Waals surface area contributed by atoms with E-state index in [0.29, 0.717) is 12.4 Å². The second kappa shape index (κ2) is 8.67. The van der Waals surface area contributed by atoms with Gasteiger partial charge in [0, 0.05) is 23.7 Å². The molecule has 7 heteroatoms. The first-order chi connectivity index (χ1) is 14.6. The van der Waals surface area contributed by atoms with E-state index >= 15 is 0 Å². The first kappa shape index (κ1) is 19.5. The summed E-state index contributed by atoms with van der Waals surface area (Å²) in [6, 6.07) is 16.7. The second-order valence-electron chi connectivity index (χ2n) is 7.02. The molecule has 7 nitrogen and oxygen atoms in total. The highest BCUT2D eigenvalue weighted by molar-refractivity contribution is 5.78. The lowest BCUT2D eigenvalue weighted by Gasteiger charge is -2.08. The van der Waals surface area contributed by atoms with E-state index in [9.17, 15) is 4.79 Å². The number of fused-ring (bicyclic) bond motifs is 1. The van der Waals surface area contributed by atoms with Gasteiger partial charge in [-0.05, 0) is 29.7 Å². The SMILES string of the molecule is N[C@@H](Cc1ccc(-c2cnc(NCc3cnc4ccccc4c3)cn2)cc1)C(=O)O. The van der Waals surface area contributed by atoms with Crippen molar-refractivity contribution < 1.29 is 9.90 Å². The topological polar surface area (TPSA) is 114 Å². The molecule has 0 aliphatic carbocycles. The van der Waals surface area contributed by atoms with Crippen LogP contribution in [0.25, 0.3) is 22.2 Å². The maximum Gasteiger partial charge on any atom is 0.320 e. The molecule has 4 N–H and O–H groups in total. The van der Waals surface area contributed by atoms with Crippen molar-refractivity contribution in [3.63, 3.8) is 0 Å². The van der Waals surface area contributed by atoms with Crippen LogP contribution in [-0.2, 0) is 17.8 Å². The molecule has 0 unspecified atom stereocenters. The van der Waals surface area contributed by atoms with Gasteiger partial charge in [0.15, 0.2) is 0 Å². The number of rotatable bonds is 7. The maximum atomic E-state index is 10.9. The standard InChI is InChI=1S/C23H21N5O2/c24-19(23(29)30)10-15-5-7-17(8-6-15)21-13-28-22(14-26-21)27-12-16-9-18-3-1-2-4-20(18)25-11-16/h1-9,11,13-14,19H,10,12,24H2,(H,27,28)(H,29,30)/t19-/m0/s1. The molecule has 150 valence electrons. The van der Waals surface area contributed by atoms with Crippen LogP contribution in [0.15, 0.2) is 73.2 Å². The zero-order valence-corrected chi connectivity index (χ0v) is 16.2. The lowest BCUT2D eigenvalue weighted by Crippen LogP contribution is -2.32. The summed E-state index contributed by atoms with van der Waals surface area (Å²) < 4.78 is 0. The Bertz CT molecular complexity index is 1160. The number of aromatic nitrogens is 3. The summed E-state index contributed by atoms with van der Waals surface area (Å²) in [5.74, 6) is -0.330. The molecule has 2 aromatic carbocycles. The Kier molecular flexibility index (Phi) is 5.63. The van der Waals surface area contributed by atoms with Gasteiger partial charge in [0.1, 0.15) is 11.9 Å². The minimum atomic E-state index is -1.01. The van der Waals surface area contributed by atoms with Crippen molar-refractivity contribution in [1.29, 1.82) is 0 Å². The third-order valence-corrected chi connectivity index (χ3v) is 4.80. The Morgan fingerprint density at radius 3 is 2.50 bits per heavy atom. The summed E-state index contributed by atoms with van der Waals surface area (Å²) in [6.07, 6.45) is 5.54. The van der Waals surface area contributed by atoms with Gasteiger partial charge in [0.2, 0.25) is 0 Å². The monoisotopic (exact) mass is 399 g/mol. The van der Waals surface area contributed by atoms with Crippen LogP contribution in [0.1, 0.15) is 11.1 Å². The molecule has 0 amide bonds. The van der Waals surface area contributed by atoms with Crippen molar-refractivity contribution in [3.8, 4) is 11.3 Å². The van der Waals surface area contributed by atoms with Crippen LogP contribution in [0.3, 0.4) is 0 Å². The number of hydrogen-bond donors (Lipinski definition) is 3. The highest BCUT2D eigenvalue weighted by Crippen LogP contribution is 2.19. The molecule has 0 saturated carbocycles. The molecule has 0 saturated heterocycles. The van der Waals surface area contributed by atoms with Gasteiger partial charge in [-0.25, -0.2) is 4.98 Å². The fraction of sp³-hybridized carbons (Fsp3) is 0.130. The van der Waals surface area contributed by atoms with Gasteiger partial charge in [-0.2, -0.15) is 0 Å². The zero-order valence-electron chi connectivity index (χ0n) is 16.2. The van der Waals surface area contributed by atoms with Crippen LogP contribution in [0.5, 0.6) is 0 Å². The highest BCUT2D eigenvalue weighted by Gasteiger charge is 2.12. The molecule has 1 atom stereocenters. The Morgan fingerprint density at radius 2 is 1.77 bits per heavy atom. The smallest absolute Gasteiger partial charge is 0.320 e. The van der Waals surface area contributed by atoms with Crippen molar-refractivity contribution in [2.24, 2.45) is 5.73 Å². The average molecular weight is 399 g/mol. The molecule has 0 bridgehead atoms. The van der Waals surface area contributed by atoms with Gasteiger partial charge in [0.25, 0.3) is 0 Å². The van der Waals surface area contributed by atoms with Crippen LogP contribution in [0.4, 0.5) is 5.82 Å². The summed E-state index contributed by atoms with van der Waals surface area (Å²) in [4.78, 5) is 24.2. The number of carbonyl (C=O) groups is 1. The summed E-state index contributed by atoms with van der Waals surface area (Å²) in [5, 5.41) is 13.3. The van der Waals surface area contributed by atoms with Gasteiger partial charge in [-0.15, -0.1) is 0 Å². The molecule has 4 rings (SSSR count). The lowest BCUT2D eigenvalue weighted by atomic mass is 10.0. The third kappa shape index (κ3) is 4.59. The maximum absolute atomic E-state index is 10.9. The van der Waals surface area contributed by atoms with E-state index in [0.717, 1.165) is 33.3 Å². The van der Waals surface area contributed by atoms with Crippen LogP contribution in [0.2, 0.25) is 0 Å². The van der Waals surface area contributed by atoms with Crippen LogP contribution in [0, 0.1) is 0 Å². The minimum absolute atomic E-state index is 0.285. The fourth-order valence-corrected chi connectivity index (χ4v) is 3.13. The molecule has 0 fully saturated rings. The van der Waals surface area contributed by atoms with E-state index in [1.54, 1.807) is 12.4 Å². The molecule has 2 aromatic heterocycles. The van der Waals surface area contributed by atoms with E-state index in [1.165, 1.54) is 0 Å². The Morgan fingerprint density at radius 1 is 0.967 bits per heavy atom. The average Bonchev–Trinajstić information content (AvgIpc) is 2.78. The number of nitrogens with one attached hydrogen (secondary N) is 1. The number of aliphatic carboxylic acids is 1. The molecule has 4 aromatic rings. The molecular formula is C23H21N5O2. The lowest BCUT2D eigenvalue weighted by molar-refractivity contribution is -0.138. The Balaban J connectivity index is 1.39. The molecule has 0 aliphatic rings.